The molecule has 3 aromatic carbocycles. The highest BCUT2D eigenvalue weighted by Crippen LogP contribution is 2.41. The Morgan fingerprint density at radius 3 is 2.24 bits per heavy atom. The van der Waals surface area contributed by atoms with Gasteiger partial charge < -0.3 is 4.74 Å². The van der Waals surface area contributed by atoms with Crippen molar-refractivity contribution in [3.63, 3.8) is 0 Å². The highest BCUT2D eigenvalue weighted by atomic mass is 19.1. The number of benzene rings is 3. The summed E-state index contributed by atoms with van der Waals surface area (Å²) in [6.45, 7) is 6.48. The second-order valence-electron chi connectivity index (χ2n) is 9.23. The summed E-state index contributed by atoms with van der Waals surface area (Å²) in [5.41, 5.74) is 7.55. The van der Waals surface area contributed by atoms with Gasteiger partial charge >= 0.3 is 0 Å². The first kappa shape index (κ1) is 23.4. The van der Waals surface area contributed by atoms with Crippen LogP contribution < -0.4 is 0 Å². The van der Waals surface area contributed by atoms with E-state index in [1.807, 2.05) is 13.0 Å². The van der Waals surface area contributed by atoms with Gasteiger partial charge in [-0.2, -0.15) is 0 Å². The van der Waals surface area contributed by atoms with E-state index in [1.54, 1.807) is 0 Å². The molecule has 0 N–H and O–H groups in total. The van der Waals surface area contributed by atoms with Gasteiger partial charge in [0.25, 0.3) is 0 Å². The fourth-order valence-corrected chi connectivity index (χ4v) is 4.86. The standard InChI is InChI=1S/C31H35FO/c1-3-23-10-13-28(14-11-23)31-20-24(21-33-22-29(32)4-2)12-19-30(31)27-17-15-26(16-18-27)25-8-6-5-7-9-25/h3,5-9,12,15-20,23,28-29H,1,4,10-11,13-14,21-22H2,2H3. The molecule has 1 fully saturated rings. The lowest BCUT2D eigenvalue weighted by Gasteiger charge is -2.29. The SMILES string of the molecule is C=CC1CCC(c2cc(COCC(F)CC)ccc2-c2ccc(-c3ccccc3)cc2)CC1. The van der Waals surface area contributed by atoms with Crippen LogP contribution in [0.1, 0.15) is 56.1 Å². The average molecular weight is 443 g/mol. The quantitative estimate of drug-likeness (QED) is 0.301. The predicted molar refractivity (Wildman–Crippen MR) is 137 cm³/mol. The maximum atomic E-state index is 13.6. The van der Waals surface area contributed by atoms with Crippen molar-refractivity contribution < 1.29 is 9.13 Å². The number of allylic oxidation sites excluding steroid dienone is 1. The van der Waals surface area contributed by atoms with Crippen LogP contribution in [0.5, 0.6) is 0 Å². The van der Waals surface area contributed by atoms with Crippen LogP contribution in [0.4, 0.5) is 4.39 Å². The maximum absolute atomic E-state index is 13.6. The molecule has 0 heterocycles. The summed E-state index contributed by atoms with van der Waals surface area (Å²) in [5, 5.41) is 0. The minimum Gasteiger partial charge on any atom is -0.374 e. The van der Waals surface area contributed by atoms with Crippen LogP contribution in [-0.4, -0.2) is 12.8 Å². The van der Waals surface area contributed by atoms with Crippen LogP contribution in [0.15, 0.2) is 85.5 Å². The van der Waals surface area contributed by atoms with Crippen molar-refractivity contribution in [1.82, 2.24) is 0 Å². The summed E-state index contributed by atoms with van der Waals surface area (Å²) >= 11 is 0. The first-order valence-corrected chi connectivity index (χ1v) is 12.3. The summed E-state index contributed by atoms with van der Waals surface area (Å²) in [4.78, 5) is 0. The predicted octanol–water partition coefficient (Wildman–Crippen LogP) is 8.75. The normalized spacial score (nSPS) is 19.2. The van der Waals surface area contributed by atoms with Gasteiger partial charge in [0, 0.05) is 0 Å². The number of rotatable bonds is 9. The molecule has 0 aromatic heterocycles. The van der Waals surface area contributed by atoms with Gasteiger partial charge in [-0.3, -0.25) is 0 Å². The zero-order valence-electron chi connectivity index (χ0n) is 19.7. The first-order valence-electron chi connectivity index (χ1n) is 12.3. The highest BCUT2D eigenvalue weighted by Gasteiger charge is 2.23. The summed E-state index contributed by atoms with van der Waals surface area (Å²) < 4.78 is 19.3. The maximum Gasteiger partial charge on any atom is 0.123 e. The van der Waals surface area contributed by atoms with E-state index in [1.165, 1.54) is 53.5 Å². The van der Waals surface area contributed by atoms with Gasteiger partial charge in [0.1, 0.15) is 6.17 Å². The lowest BCUT2D eigenvalue weighted by Crippen LogP contribution is -2.13. The summed E-state index contributed by atoms with van der Waals surface area (Å²) in [6, 6.07) is 26.1. The first-order chi connectivity index (χ1) is 16.2. The third-order valence-corrected chi connectivity index (χ3v) is 6.97. The van der Waals surface area contributed by atoms with Crippen molar-refractivity contribution >= 4 is 0 Å². The van der Waals surface area contributed by atoms with Crippen LogP contribution in [0, 0.1) is 5.92 Å². The van der Waals surface area contributed by atoms with E-state index in [0.717, 1.165) is 5.56 Å². The van der Waals surface area contributed by atoms with E-state index in [-0.39, 0.29) is 6.61 Å². The molecule has 1 aliphatic rings. The van der Waals surface area contributed by atoms with Gasteiger partial charge in [0.05, 0.1) is 13.2 Å². The lowest BCUT2D eigenvalue weighted by molar-refractivity contribution is 0.0683. The molecule has 1 nitrogen and oxygen atoms in total. The number of halogens is 1. The zero-order chi connectivity index (χ0) is 23.0. The Morgan fingerprint density at radius 2 is 1.58 bits per heavy atom. The molecule has 0 radical (unpaired) electrons. The molecular formula is C31H35FO. The fraction of sp³-hybridized carbons (Fsp3) is 0.355. The molecule has 1 atom stereocenters. The Morgan fingerprint density at radius 1 is 0.909 bits per heavy atom. The van der Waals surface area contributed by atoms with Gasteiger partial charge in [0.15, 0.2) is 0 Å². The van der Waals surface area contributed by atoms with Crippen molar-refractivity contribution in [2.45, 2.75) is 57.7 Å². The van der Waals surface area contributed by atoms with Gasteiger partial charge in [-0.05, 0) is 77.3 Å². The Bertz CT molecular complexity index is 1020. The number of ether oxygens (including phenoxy) is 1. The molecule has 2 heteroatoms. The smallest absolute Gasteiger partial charge is 0.123 e. The molecule has 0 bridgehead atoms. The van der Waals surface area contributed by atoms with E-state index in [9.17, 15) is 4.39 Å². The fourth-order valence-electron chi connectivity index (χ4n) is 4.86. The van der Waals surface area contributed by atoms with Crippen LogP contribution in [0.25, 0.3) is 22.3 Å². The van der Waals surface area contributed by atoms with Gasteiger partial charge in [-0.1, -0.05) is 85.8 Å². The molecule has 0 saturated heterocycles. The molecule has 4 rings (SSSR count). The molecule has 33 heavy (non-hydrogen) atoms. The molecule has 0 spiro atoms. The number of hydrogen-bond donors (Lipinski definition) is 0. The average Bonchev–Trinajstić information content (AvgIpc) is 2.89. The topological polar surface area (TPSA) is 9.23 Å². The summed E-state index contributed by atoms with van der Waals surface area (Å²) in [5.74, 6) is 1.17. The molecule has 172 valence electrons. The second-order valence-corrected chi connectivity index (χ2v) is 9.23. The van der Waals surface area contributed by atoms with E-state index in [2.05, 4.69) is 79.4 Å². The molecule has 1 unspecified atom stereocenters. The Hall–Kier alpha value is -2.71. The van der Waals surface area contributed by atoms with Crippen molar-refractivity contribution in [3.05, 3.63) is 96.6 Å². The lowest BCUT2D eigenvalue weighted by atomic mass is 9.76. The van der Waals surface area contributed by atoms with E-state index >= 15 is 0 Å². The Kier molecular flexibility index (Phi) is 8.12. The zero-order valence-corrected chi connectivity index (χ0v) is 19.7. The van der Waals surface area contributed by atoms with Crippen LogP contribution in [0.2, 0.25) is 0 Å². The van der Waals surface area contributed by atoms with Gasteiger partial charge in [0.2, 0.25) is 0 Å². The van der Waals surface area contributed by atoms with E-state index < -0.39 is 6.17 Å². The summed E-state index contributed by atoms with van der Waals surface area (Å²) in [6.07, 6.45) is 6.47. The number of alkyl halides is 1. The number of hydrogen-bond acceptors (Lipinski definition) is 1. The Balaban J connectivity index is 1.60. The van der Waals surface area contributed by atoms with E-state index in [4.69, 9.17) is 4.74 Å². The van der Waals surface area contributed by atoms with Gasteiger partial charge in [-0.25, -0.2) is 4.39 Å². The summed E-state index contributed by atoms with van der Waals surface area (Å²) in [7, 11) is 0. The second kappa shape index (κ2) is 11.4. The largest absolute Gasteiger partial charge is 0.374 e. The van der Waals surface area contributed by atoms with Crippen molar-refractivity contribution in [2.24, 2.45) is 5.92 Å². The third kappa shape index (κ3) is 6.00. The molecule has 1 saturated carbocycles. The minimum atomic E-state index is -0.888. The van der Waals surface area contributed by atoms with Crippen LogP contribution in [-0.2, 0) is 11.3 Å². The molecule has 3 aromatic rings. The van der Waals surface area contributed by atoms with Crippen molar-refractivity contribution in [2.75, 3.05) is 6.61 Å². The van der Waals surface area contributed by atoms with Crippen molar-refractivity contribution in [3.8, 4) is 22.3 Å². The minimum absolute atomic E-state index is 0.166. The van der Waals surface area contributed by atoms with E-state index in [0.29, 0.717) is 24.9 Å². The van der Waals surface area contributed by atoms with Crippen LogP contribution >= 0.6 is 0 Å². The van der Waals surface area contributed by atoms with Crippen LogP contribution in [0.3, 0.4) is 0 Å². The Labute approximate surface area is 198 Å². The monoisotopic (exact) mass is 442 g/mol. The highest BCUT2D eigenvalue weighted by molar-refractivity contribution is 5.73. The van der Waals surface area contributed by atoms with Crippen molar-refractivity contribution in [1.29, 1.82) is 0 Å². The van der Waals surface area contributed by atoms with Gasteiger partial charge in [-0.15, -0.1) is 6.58 Å². The molecule has 0 aliphatic heterocycles. The third-order valence-electron chi connectivity index (χ3n) is 6.97. The molecule has 1 aliphatic carbocycles. The molecule has 0 amide bonds. The molecular weight excluding hydrogens is 407 g/mol.